The number of rotatable bonds is 6. The molecule has 0 aliphatic carbocycles. The summed E-state index contributed by atoms with van der Waals surface area (Å²) in [6.07, 6.45) is -1.52. The monoisotopic (exact) mass is 468 g/mol. The summed E-state index contributed by atoms with van der Waals surface area (Å²) in [5.74, 6) is -5.54. The number of fused-ring (bicyclic) bond motifs is 1. The normalized spacial score (nSPS) is 26.9. The Morgan fingerprint density at radius 3 is 2.35 bits per heavy atom. The molecule has 2 aliphatic rings. The zero-order chi connectivity index (χ0) is 24.9. The largest absolute Gasteiger partial charge is 0.480 e. The maximum absolute atomic E-state index is 13.6. The van der Waals surface area contributed by atoms with Crippen LogP contribution in [0.4, 0.5) is 17.1 Å². The zero-order valence-electron chi connectivity index (χ0n) is 18.7. The molecule has 0 radical (unpaired) electrons. The third-order valence-corrected chi connectivity index (χ3v) is 6.68. The molecular weight excluding hydrogens is 444 g/mol. The minimum Gasteiger partial charge on any atom is -0.480 e. The summed E-state index contributed by atoms with van der Waals surface area (Å²) in [5, 5.41) is 34.8. The van der Waals surface area contributed by atoms with Crippen LogP contribution in [0.1, 0.15) is 18.5 Å². The summed E-state index contributed by atoms with van der Waals surface area (Å²) in [6, 6.07) is 11.2. The fraction of sp³-hybridized carbons (Fsp3) is 0.348. The van der Waals surface area contributed by atoms with Crippen molar-refractivity contribution >= 4 is 34.8 Å². The van der Waals surface area contributed by atoms with Crippen LogP contribution in [0.2, 0.25) is 0 Å². The number of aliphatic hydroxyl groups excluding tert-OH is 1. The van der Waals surface area contributed by atoms with Gasteiger partial charge in [0, 0.05) is 38.0 Å². The lowest BCUT2D eigenvalue weighted by Crippen LogP contribution is -2.62. The van der Waals surface area contributed by atoms with Gasteiger partial charge in [0.2, 0.25) is 11.8 Å². The predicted octanol–water partition coefficient (Wildman–Crippen LogP) is 1.32. The van der Waals surface area contributed by atoms with Gasteiger partial charge in [-0.25, -0.2) is 4.90 Å². The fourth-order valence-electron chi connectivity index (χ4n) is 4.97. The topological polar surface area (TPSA) is 153 Å². The lowest BCUT2D eigenvalue weighted by molar-refractivity contribution is -0.384. The van der Waals surface area contributed by atoms with Crippen LogP contribution >= 0.6 is 0 Å². The van der Waals surface area contributed by atoms with Crippen LogP contribution in [0, 0.1) is 22.0 Å². The minimum atomic E-state index is -2.13. The molecule has 0 aromatic heterocycles. The van der Waals surface area contributed by atoms with Gasteiger partial charge < -0.3 is 15.1 Å². The van der Waals surface area contributed by atoms with E-state index >= 15 is 0 Å². The minimum absolute atomic E-state index is 0.0230. The van der Waals surface area contributed by atoms with Gasteiger partial charge in [-0.1, -0.05) is 18.2 Å². The lowest BCUT2D eigenvalue weighted by Gasteiger charge is -2.33. The highest BCUT2D eigenvalue weighted by Gasteiger charge is 2.70. The number of non-ortho nitro benzene ring substituents is 1. The number of carbonyl (C=O) groups excluding carboxylic acids is 2. The molecule has 178 valence electrons. The van der Waals surface area contributed by atoms with Gasteiger partial charge in [-0.3, -0.25) is 29.8 Å². The van der Waals surface area contributed by atoms with Crippen molar-refractivity contribution in [3.63, 3.8) is 0 Å². The highest BCUT2D eigenvalue weighted by atomic mass is 16.6. The number of aliphatic carboxylic acids is 1. The van der Waals surface area contributed by atoms with Crippen LogP contribution in [0.3, 0.4) is 0 Å². The lowest BCUT2D eigenvalue weighted by atomic mass is 9.76. The molecule has 2 aliphatic heterocycles. The molecule has 2 saturated heterocycles. The number of carboxylic acid groups (broad SMARTS) is 1. The van der Waals surface area contributed by atoms with E-state index < -0.39 is 52.2 Å². The fourth-order valence-corrected chi connectivity index (χ4v) is 4.97. The van der Waals surface area contributed by atoms with Gasteiger partial charge in [-0.05, 0) is 30.7 Å². The van der Waals surface area contributed by atoms with E-state index in [0.29, 0.717) is 5.56 Å². The predicted molar refractivity (Wildman–Crippen MR) is 121 cm³/mol. The Balaban J connectivity index is 1.85. The average Bonchev–Trinajstić information content (AvgIpc) is 3.28. The third-order valence-electron chi connectivity index (χ3n) is 6.68. The van der Waals surface area contributed by atoms with Crippen LogP contribution in [-0.2, 0) is 14.4 Å². The van der Waals surface area contributed by atoms with Gasteiger partial charge in [0.1, 0.15) is 0 Å². The van der Waals surface area contributed by atoms with E-state index in [4.69, 9.17) is 0 Å². The first-order chi connectivity index (χ1) is 16.0. The van der Waals surface area contributed by atoms with E-state index in [0.717, 1.165) is 16.7 Å². The molecule has 11 nitrogen and oxygen atoms in total. The van der Waals surface area contributed by atoms with Gasteiger partial charge >= 0.3 is 5.97 Å². The first-order valence-electron chi connectivity index (χ1n) is 10.6. The first kappa shape index (κ1) is 23.3. The number of aliphatic hydroxyl groups is 1. The Labute approximate surface area is 194 Å². The number of hydrogen-bond acceptors (Lipinski definition) is 8. The molecule has 2 amide bonds. The van der Waals surface area contributed by atoms with Crippen molar-refractivity contribution in [2.45, 2.75) is 24.6 Å². The highest BCUT2D eigenvalue weighted by molar-refractivity contribution is 6.24. The summed E-state index contributed by atoms with van der Waals surface area (Å²) in [4.78, 5) is 52.8. The number of nitro groups is 1. The Hall–Kier alpha value is -3.83. The maximum Gasteiger partial charge on any atom is 0.327 e. The molecular formula is C23H24N4O7. The van der Waals surface area contributed by atoms with E-state index in [-0.39, 0.29) is 11.4 Å². The van der Waals surface area contributed by atoms with Crippen molar-refractivity contribution < 1.29 is 29.5 Å². The van der Waals surface area contributed by atoms with Gasteiger partial charge in [0.15, 0.2) is 5.54 Å². The molecule has 4 rings (SSSR count). The van der Waals surface area contributed by atoms with Crippen LogP contribution in [0.25, 0.3) is 0 Å². The van der Waals surface area contributed by atoms with E-state index in [1.54, 1.807) is 24.3 Å². The molecule has 11 heteroatoms. The van der Waals surface area contributed by atoms with E-state index in [1.807, 2.05) is 19.0 Å². The summed E-state index contributed by atoms with van der Waals surface area (Å²) in [6.45, 7) is 1.25. The number of carboxylic acids is 1. The van der Waals surface area contributed by atoms with Gasteiger partial charge in [0.05, 0.1) is 28.6 Å². The van der Waals surface area contributed by atoms with Crippen molar-refractivity contribution in [3.8, 4) is 0 Å². The molecule has 5 unspecified atom stereocenters. The molecule has 0 bridgehead atoms. The van der Waals surface area contributed by atoms with Crippen molar-refractivity contribution in [3.05, 3.63) is 64.2 Å². The summed E-state index contributed by atoms with van der Waals surface area (Å²) in [5.41, 5.74) is -1.01. The summed E-state index contributed by atoms with van der Waals surface area (Å²) < 4.78 is 0. The van der Waals surface area contributed by atoms with Crippen LogP contribution in [-0.4, -0.2) is 58.7 Å². The van der Waals surface area contributed by atoms with Crippen molar-refractivity contribution in [2.24, 2.45) is 11.8 Å². The molecule has 34 heavy (non-hydrogen) atoms. The molecule has 2 aromatic rings. The number of amides is 2. The zero-order valence-corrected chi connectivity index (χ0v) is 18.7. The van der Waals surface area contributed by atoms with Crippen LogP contribution < -0.4 is 15.1 Å². The van der Waals surface area contributed by atoms with Crippen molar-refractivity contribution in [1.29, 1.82) is 0 Å². The van der Waals surface area contributed by atoms with Crippen molar-refractivity contribution in [1.82, 2.24) is 5.32 Å². The van der Waals surface area contributed by atoms with E-state index in [9.17, 15) is 34.7 Å². The van der Waals surface area contributed by atoms with Gasteiger partial charge in [-0.15, -0.1) is 0 Å². The number of nitro benzene ring substituents is 1. The Morgan fingerprint density at radius 2 is 1.82 bits per heavy atom. The number of benzene rings is 2. The SMILES string of the molecule is CC(O)C1(C(=O)O)NC(c2ccc(N(C)C)cc2)C2C(=O)N(c3cccc([N+](=O)[O-])c3)C(=O)C21. The van der Waals surface area contributed by atoms with Crippen molar-refractivity contribution in [2.75, 3.05) is 23.9 Å². The highest BCUT2D eigenvalue weighted by Crippen LogP contribution is 2.51. The Morgan fingerprint density at radius 1 is 1.18 bits per heavy atom. The average molecular weight is 468 g/mol. The molecule has 0 saturated carbocycles. The molecule has 5 atom stereocenters. The number of carbonyl (C=O) groups is 3. The maximum atomic E-state index is 13.6. The molecule has 2 aromatic carbocycles. The standard InChI is InChI=1S/C23H24N4O7/c1-12(28)23(22(31)32)18-17(19(24-23)13-7-9-14(10-8-13)25(2)3)20(29)26(21(18)30)15-5-4-6-16(11-15)27(33)34/h4-12,17-19,24,28H,1-3H3,(H,31,32). The number of hydrogen-bond donors (Lipinski definition) is 3. The number of anilines is 2. The quantitative estimate of drug-likeness (QED) is 0.323. The second-order valence-electron chi connectivity index (χ2n) is 8.75. The third kappa shape index (κ3) is 3.32. The van der Waals surface area contributed by atoms with Crippen LogP contribution in [0.5, 0.6) is 0 Å². The first-order valence-corrected chi connectivity index (χ1v) is 10.6. The van der Waals surface area contributed by atoms with Crippen LogP contribution in [0.15, 0.2) is 48.5 Å². The Bertz CT molecular complexity index is 1180. The number of nitrogens with one attached hydrogen (secondary N) is 1. The van der Waals surface area contributed by atoms with E-state index in [1.165, 1.54) is 25.1 Å². The number of imide groups is 1. The summed E-state index contributed by atoms with van der Waals surface area (Å²) in [7, 11) is 3.72. The second-order valence-corrected chi connectivity index (χ2v) is 8.75. The molecule has 3 N–H and O–H groups in total. The van der Waals surface area contributed by atoms with Gasteiger partial charge in [-0.2, -0.15) is 0 Å². The molecule has 0 spiro atoms. The second kappa shape index (κ2) is 8.19. The molecule has 2 fully saturated rings. The van der Waals surface area contributed by atoms with E-state index in [2.05, 4.69) is 5.32 Å². The Kier molecular flexibility index (Phi) is 5.62. The van der Waals surface area contributed by atoms with Gasteiger partial charge in [0.25, 0.3) is 5.69 Å². The summed E-state index contributed by atoms with van der Waals surface area (Å²) >= 11 is 0. The smallest absolute Gasteiger partial charge is 0.327 e. The number of nitrogens with zero attached hydrogens (tertiary/aromatic N) is 3. The molecule has 2 heterocycles.